The van der Waals surface area contributed by atoms with Gasteiger partial charge in [-0.3, -0.25) is 4.90 Å². The lowest BCUT2D eigenvalue weighted by molar-refractivity contribution is 0.00578. The highest BCUT2D eigenvalue weighted by molar-refractivity contribution is 6.62. The monoisotopic (exact) mass is 347 g/mol. The van der Waals surface area contributed by atoms with Crippen LogP contribution in [0.3, 0.4) is 0 Å². The van der Waals surface area contributed by atoms with Crippen molar-refractivity contribution in [3.05, 3.63) is 24.3 Å². The maximum Gasteiger partial charge on any atom is 0.494 e. The van der Waals surface area contributed by atoms with Crippen LogP contribution in [-0.2, 0) is 9.31 Å². The van der Waals surface area contributed by atoms with Crippen LogP contribution in [0.4, 0.5) is 0 Å². The predicted molar refractivity (Wildman–Crippen MR) is 99.3 cm³/mol. The van der Waals surface area contributed by atoms with Crippen LogP contribution in [0.15, 0.2) is 24.3 Å². The molecule has 1 aromatic carbocycles. The van der Waals surface area contributed by atoms with Gasteiger partial charge >= 0.3 is 7.12 Å². The van der Waals surface area contributed by atoms with Crippen molar-refractivity contribution in [3.63, 3.8) is 0 Å². The normalized spacial score (nSPS) is 23.8. The molecule has 3 rings (SSSR count). The molecule has 0 aromatic heterocycles. The second kappa shape index (κ2) is 7.27. The average Bonchev–Trinajstić information content (AvgIpc) is 2.78. The molecule has 0 amide bonds. The van der Waals surface area contributed by atoms with Crippen LogP contribution >= 0.6 is 0 Å². The zero-order valence-electron chi connectivity index (χ0n) is 15.8. The van der Waals surface area contributed by atoms with Crippen LogP contribution in [-0.4, -0.2) is 60.7 Å². The number of aliphatic hydroxyl groups excluding tert-OH is 1. The smallest absolute Gasteiger partial charge is 0.492 e. The van der Waals surface area contributed by atoms with Crippen LogP contribution in [0.5, 0.6) is 5.75 Å². The summed E-state index contributed by atoms with van der Waals surface area (Å²) in [6.07, 6.45) is 1.60. The van der Waals surface area contributed by atoms with Crippen LogP contribution in [0, 0.1) is 0 Å². The molecule has 0 unspecified atom stereocenters. The van der Waals surface area contributed by atoms with Crippen molar-refractivity contribution in [2.75, 3.05) is 26.2 Å². The molecule has 1 aromatic rings. The van der Waals surface area contributed by atoms with Gasteiger partial charge in [-0.05, 0) is 58.1 Å². The molecule has 0 saturated carbocycles. The van der Waals surface area contributed by atoms with E-state index in [1.165, 1.54) is 0 Å². The third-order valence-electron chi connectivity index (χ3n) is 5.64. The number of rotatable bonds is 5. The third kappa shape index (κ3) is 4.37. The van der Waals surface area contributed by atoms with Crippen molar-refractivity contribution in [2.45, 2.75) is 57.8 Å². The highest BCUT2D eigenvalue weighted by atomic mass is 16.7. The number of hydrogen-bond acceptors (Lipinski definition) is 5. The number of piperidine rings is 1. The Morgan fingerprint density at radius 1 is 1.08 bits per heavy atom. The number of ether oxygens (including phenoxy) is 1. The zero-order chi connectivity index (χ0) is 18.1. The maximum atomic E-state index is 9.53. The molecule has 2 fully saturated rings. The van der Waals surface area contributed by atoms with Crippen molar-refractivity contribution < 1.29 is 19.2 Å². The summed E-state index contributed by atoms with van der Waals surface area (Å²) < 4.78 is 18.0. The van der Waals surface area contributed by atoms with Crippen LogP contribution in [0.1, 0.15) is 40.5 Å². The summed E-state index contributed by atoms with van der Waals surface area (Å²) in [6, 6.07) is 7.96. The minimum atomic E-state index is -0.334. The lowest BCUT2D eigenvalue weighted by Crippen LogP contribution is -2.41. The molecule has 2 aliphatic heterocycles. The molecule has 2 aliphatic rings. The van der Waals surface area contributed by atoms with E-state index in [1.54, 1.807) is 0 Å². The highest BCUT2D eigenvalue weighted by Crippen LogP contribution is 2.36. The van der Waals surface area contributed by atoms with Crippen LogP contribution in [0.2, 0.25) is 0 Å². The molecule has 0 radical (unpaired) electrons. The molecule has 6 heteroatoms. The van der Waals surface area contributed by atoms with Gasteiger partial charge in [0.05, 0.1) is 17.3 Å². The Morgan fingerprint density at radius 2 is 1.64 bits per heavy atom. The number of aliphatic hydroxyl groups is 1. The first kappa shape index (κ1) is 18.7. The Labute approximate surface area is 151 Å². The van der Waals surface area contributed by atoms with Crippen LogP contribution < -0.4 is 10.2 Å². The molecular formula is C19H30BNO4. The lowest BCUT2D eigenvalue weighted by atomic mass is 9.79. The van der Waals surface area contributed by atoms with E-state index in [4.69, 9.17) is 14.0 Å². The van der Waals surface area contributed by atoms with Gasteiger partial charge in [-0.2, -0.15) is 0 Å². The van der Waals surface area contributed by atoms with E-state index < -0.39 is 0 Å². The Morgan fingerprint density at radius 3 is 2.20 bits per heavy atom. The Bertz CT molecular complexity index is 551. The molecule has 138 valence electrons. The van der Waals surface area contributed by atoms with Crippen molar-refractivity contribution in [3.8, 4) is 5.75 Å². The van der Waals surface area contributed by atoms with Crippen LogP contribution in [0.25, 0.3) is 0 Å². The van der Waals surface area contributed by atoms with E-state index >= 15 is 0 Å². The van der Waals surface area contributed by atoms with E-state index in [0.29, 0.717) is 6.61 Å². The Balaban J connectivity index is 1.48. The summed E-state index contributed by atoms with van der Waals surface area (Å²) >= 11 is 0. The van der Waals surface area contributed by atoms with Crippen molar-refractivity contribution in [1.29, 1.82) is 0 Å². The van der Waals surface area contributed by atoms with Gasteiger partial charge in [-0.25, -0.2) is 0 Å². The van der Waals surface area contributed by atoms with Gasteiger partial charge in [0.2, 0.25) is 0 Å². The molecule has 2 saturated heterocycles. The molecule has 25 heavy (non-hydrogen) atoms. The van der Waals surface area contributed by atoms with Gasteiger partial charge < -0.3 is 19.2 Å². The van der Waals surface area contributed by atoms with Gasteiger partial charge in [0.15, 0.2) is 0 Å². The van der Waals surface area contributed by atoms with E-state index in [1.807, 2.05) is 24.3 Å². The fourth-order valence-corrected chi connectivity index (χ4v) is 3.14. The lowest BCUT2D eigenvalue weighted by Gasteiger charge is -2.32. The first-order valence-electron chi connectivity index (χ1n) is 9.26. The quantitative estimate of drug-likeness (QED) is 0.824. The number of hydrogen-bond donors (Lipinski definition) is 1. The molecule has 5 nitrogen and oxygen atoms in total. The van der Waals surface area contributed by atoms with E-state index in [0.717, 1.165) is 43.7 Å². The summed E-state index contributed by atoms with van der Waals surface area (Å²) in [5.41, 5.74) is 0.361. The standard InChI is InChI=1S/C19H30BNO4/c1-18(2)19(3,4)25-20(24-18)15-5-7-17(8-6-15)23-14-13-21-11-9-16(22)10-12-21/h5-8,16,22H,9-14H2,1-4H3. The van der Waals surface area contributed by atoms with Gasteiger partial charge in [-0.15, -0.1) is 0 Å². The SMILES string of the molecule is CC1(C)OB(c2ccc(OCCN3CCC(O)CC3)cc2)OC1(C)C. The largest absolute Gasteiger partial charge is 0.494 e. The first-order chi connectivity index (χ1) is 11.8. The molecule has 2 heterocycles. The molecular weight excluding hydrogens is 317 g/mol. The minimum Gasteiger partial charge on any atom is -0.492 e. The predicted octanol–water partition coefficient (Wildman–Crippen LogP) is 1.82. The fraction of sp³-hybridized carbons (Fsp3) is 0.684. The highest BCUT2D eigenvalue weighted by Gasteiger charge is 2.51. The molecule has 1 N–H and O–H groups in total. The van der Waals surface area contributed by atoms with Gasteiger partial charge in [0.1, 0.15) is 12.4 Å². The van der Waals surface area contributed by atoms with Crippen molar-refractivity contribution in [1.82, 2.24) is 4.90 Å². The maximum absolute atomic E-state index is 9.53. The Hall–Kier alpha value is -1.08. The van der Waals surface area contributed by atoms with E-state index in [2.05, 4.69) is 32.6 Å². The zero-order valence-corrected chi connectivity index (χ0v) is 15.8. The summed E-state index contributed by atoms with van der Waals surface area (Å²) in [5, 5.41) is 9.53. The summed E-state index contributed by atoms with van der Waals surface area (Å²) in [7, 11) is -0.334. The number of benzene rings is 1. The molecule has 0 atom stereocenters. The fourth-order valence-electron chi connectivity index (χ4n) is 3.14. The van der Waals surface area contributed by atoms with Gasteiger partial charge in [0.25, 0.3) is 0 Å². The summed E-state index contributed by atoms with van der Waals surface area (Å²) in [4.78, 5) is 2.34. The number of likely N-dealkylation sites (tertiary alicyclic amines) is 1. The van der Waals surface area contributed by atoms with E-state index in [-0.39, 0.29) is 24.4 Å². The third-order valence-corrected chi connectivity index (χ3v) is 5.64. The molecule has 0 aliphatic carbocycles. The molecule has 0 bridgehead atoms. The van der Waals surface area contributed by atoms with Gasteiger partial charge in [-0.1, -0.05) is 12.1 Å². The minimum absolute atomic E-state index is 0.125. The second-order valence-corrected chi connectivity index (χ2v) is 8.08. The Kier molecular flexibility index (Phi) is 5.44. The summed E-state index contributed by atoms with van der Waals surface area (Å²) in [6.45, 7) is 11.7. The van der Waals surface area contributed by atoms with Gasteiger partial charge in [0, 0.05) is 19.6 Å². The average molecular weight is 347 g/mol. The first-order valence-corrected chi connectivity index (χ1v) is 9.26. The topological polar surface area (TPSA) is 51.2 Å². The molecule has 0 spiro atoms. The second-order valence-electron chi connectivity index (χ2n) is 8.08. The van der Waals surface area contributed by atoms with Crippen molar-refractivity contribution in [2.24, 2.45) is 0 Å². The number of nitrogens with zero attached hydrogens (tertiary/aromatic N) is 1. The summed E-state index contributed by atoms with van der Waals surface area (Å²) in [5.74, 6) is 0.859. The van der Waals surface area contributed by atoms with E-state index in [9.17, 15) is 5.11 Å². The van der Waals surface area contributed by atoms with Crippen molar-refractivity contribution >= 4 is 12.6 Å².